The number of amides is 3. The zero-order valence-electron chi connectivity index (χ0n) is 26.1. The molecule has 2 atom stereocenters. The van der Waals surface area contributed by atoms with Crippen LogP contribution in [0.15, 0.2) is 41.8 Å². The molecule has 3 aliphatic rings. The molecular weight excluding hydrogens is 572 g/mol. The Morgan fingerprint density at radius 3 is 2.45 bits per heavy atom. The minimum atomic E-state index is -0.958. The summed E-state index contributed by atoms with van der Waals surface area (Å²) in [5.41, 5.74) is 0. The molecule has 2 heterocycles. The Morgan fingerprint density at radius 1 is 1.00 bits per heavy atom. The fraction of sp³-hybridized carbons (Fsp3) is 0.594. The van der Waals surface area contributed by atoms with Gasteiger partial charge in [0.05, 0.1) is 24.2 Å². The fourth-order valence-corrected chi connectivity index (χ4v) is 6.96. The van der Waals surface area contributed by atoms with Crippen LogP contribution in [0.4, 0.5) is 4.79 Å². The standard InChI is InChI=1S/C32H43ClN4O4S/c33-26-15-7-8-16-29(26)41-32(40)36-17-18-37(28(22-36)30(38)34-21-25-14-9-19-42-25)31(39)27(20-23-10-3-1-4-11-23)35-24-12-5-2-6-13-24/h7-9,14-16,19,23-24,27-28,35H,1-6,10-13,17-18,20-22H2,(H,34,38)/t27-,28-/m0/s1/i23D,24D. The summed E-state index contributed by atoms with van der Waals surface area (Å²) in [6, 6.07) is 7.86. The molecule has 0 unspecified atom stereocenters. The summed E-state index contributed by atoms with van der Waals surface area (Å²) in [5, 5.41) is 8.59. The van der Waals surface area contributed by atoms with Gasteiger partial charge in [-0.05, 0) is 48.7 Å². The van der Waals surface area contributed by atoms with Crippen molar-refractivity contribution in [2.45, 2.75) is 95.3 Å². The predicted molar refractivity (Wildman–Crippen MR) is 166 cm³/mol. The number of carbonyl (C=O) groups is 3. The number of halogens is 1. The van der Waals surface area contributed by atoms with Gasteiger partial charge in [0.15, 0.2) is 5.75 Å². The number of para-hydroxylation sites is 1. The number of thiophene rings is 1. The maximum atomic E-state index is 14.5. The first-order valence-electron chi connectivity index (χ1n) is 16.2. The lowest BCUT2D eigenvalue weighted by Crippen LogP contribution is -2.64. The van der Waals surface area contributed by atoms with Gasteiger partial charge in [-0.2, -0.15) is 0 Å². The Labute approximate surface area is 260 Å². The number of piperazine rings is 1. The van der Waals surface area contributed by atoms with Crippen LogP contribution in [0.5, 0.6) is 5.75 Å². The van der Waals surface area contributed by atoms with Crippen molar-refractivity contribution in [3.8, 4) is 5.75 Å². The summed E-state index contributed by atoms with van der Waals surface area (Å²) in [4.78, 5) is 45.3. The third-order valence-electron chi connectivity index (χ3n) is 8.46. The monoisotopic (exact) mass is 616 g/mol. The van der Waals surface area contributed by atoms with E-state index in [2.05, 4.69) is 10.6 Å². The van der Waals surface area contributed by atoms with E-state index in [4.69, 9.17) is 17.7 Å². The SMILES string of the molecule is [2H]C1(C[C@H](NC2([2H])CCCCC2)C(=O)N2CCN(C(=O)Oc3ccccc3Cl)C[C@H]2C(=O)NCc2cccs2)CCCCC1. The Balaban J connectivity index is 1.37. The summed E-state index contributed by atoms with van der Waals surface area (Å²) in [5.74, 6) is -1.18. The zero-order chi connectivity index (χ0) is 31.2. The van der Waals surface area contributed by atoms with Crippen LogP contribution < -0.4 is 15.4 Å². The van der Waals surface area contributed by atoms with Gasteiger partial charge >= 0.3 is 6.09 Å². The molecule has 1 aromatic carbocycles. The molecule has 0 spiro atoms. The number of benzene rings is 1. The van der Waals surface area contributed by atoms with Gasteiger partial charge in [0.25, 0.3) is 0 Å². The highest BCUT2D eigenvalue weighted by molar-refractivity contribution is 7.09. The average molecular weight is 617 g/mol. The Kier molecular flexibility index (Phi) is 10.2. The molecule has 0 radical (unpaired) electrons. The molecule has 3 fully saturated rings. The molecule has 8 nitrogen and oxygen atoms in total. The smallest absolute Gasteiger partial charge is 0.409 e. The molecule has 2 aliphatic carbocycles. The number of hydrogen-bond acceptors (Lipinski definition) is 6. The van der Waals surface area contributed by atoms with Crippen molar-refractivity contribution in [2.24, 2.45) is 5.89 Å². The maximum absolute atomic E-state index is 14.5. The van der Waals surface area contributed by atoms with Crippen molar-refractivity contribution in [3.05, 3.63) is 51.7 Å². The van der Waals surface area contributed by atoms with E-state index in [9.17, 15) is 15.8 Å². The van der Waals surface area contributed by atoms with Crippen molar-refractivity contribution in [2.75, 3.05) is 19.6 Å². The Morgan fingerprint density at radius 2 is 1.74 bits per heavy atom. The van der Waals surface area contributed by atoms with Crippen LogP contribution in [0.3, 0.4) is 0 Å². The van der Waals surface area contributed by atoms with Gasteiger partial charge in [0, 0.05) is 26.7 Å². The summed E-state index contributed by atoms with van der Waals surface area (Å²) in [6.07, 6.45) is 8.30. The zero-order valence-corrected chi connectivity index (χ0v) is 25.7. The van der Waals surface area contributed by atoms with Gasteiger partial charge in [-0.15, -0.1) is 11.3 Å². The van der Waals surface area contributed by atoms with Crippen molar-refractivity contribution in [3.63, 3.8) is 0 Å². The molecule has 3 amide bonds. The Hall–Kier alpha value is -2.62. The number of carbonyl (C=O) groups excluding carboxylic acids is 3. The number of nitrogens with one attached hydrogen (secondary N) is 2. The van der Waals surface area contributed by atoms with E-state index in [0.717, 1.165) is 56.2 Å². The van der Waals surface area contributed by atoms with Gasteiger partial charge in [0.1, 0.15) is 6.04 Å². The first-order chi connectivity index (χ1) is 21.1. The van der Waals surface area contributed by atoms with E-state index in [1.165, 1.54) is 16.2 Å². The molecule has 2 aromatic rings. The molecule has 2 saturated carbocycles. The number of rotatable bonds is 9. The number of nitrogens with zero attached hydrogens (tertiary/aromatic N) is 2. The molecule has 1 aliphatic heterocycles. The van der Waals surface area contributed by atoms with E-state index in [0.29, 0.717) is 30.8 Å². The number of hydrogen-bond donors (Lipinski definition) is 2. The van der Waals surface area contributed by atoms with Crippen LogP contribution >= 0.6 is 22.9 Å². The molecule has 42 heavy (non-hydrogen) atoms. The van der Waals surface area contributed by atoms with Crippen molar-refractivity contribution < 1.29 is 21.9 Å². The average Bonchev–Trinajstić information content (AvgIpc) is 3.54. The first-order valence-corrected chi connectivity index (χ1v) is 16.5. The summed E-state index contributed by atoms with van der Waals surface area (Å²) < 4.78 is 23.9. The largest absolute Gasteiger partial charge is 0.415 e. The highest BCUT2D eigenvalue weighted by Gasteiger charge is 2.41. The molecule has 5 rings (SSSR count). The van der Waals surface area contributed by atoms with Gasteiger partial charge < -0.3 is 25.2 Å². The van der Waals surface area contributed by atoms with E-state index in [-0.39, 0.29) is 37.2 Å². The topological polar surface area (TPSA) is 91.0 Å². The van der Waals surface area contributed by atoms with Crippen LogP contribution in [0.1, 0.15) is 78.2 Å². The fourth-order valence-electron chi connectivity index (χ4n) is 6.14. The van der Waals surface area contributed by atoms with Gasteiger partial charge in [-0.3, -0.25) is 9.59 Å². The van der Waals surface area contributed by atoms with E-state index >= 15 is 0 Å². The highest BCUT2D eigenvalue weighted by atomic mass is 35.5. The van der Waals surface area contributed by atoms with Crippen molar-refractivity contribution >= 4 is 40.8 Å². The molecule has 10 heteroatoms. The quantitative estimate of drug-likeness (QED) is 0.361. The lowest BCUT2D eigenvalue weighted by molar-refractivity contribution is -0.145. The maximum Gasteiger partial charge on any atom is 0.415 e. The van der Waals surface area contributed by atoms with E-state index in [1.54, 1.807) is 29.2 Å². The summed E-state index contributed by atoms with van der Waals surface area (Å²) in [7, 11) is 0. The van der Waals surface area contributed by atoms with Gasteiger partial charge in [-0.1, -0.05) is 81.2 Å². The lowest BCUT2D eigenvalue weighted by atomic mass is 9.83. The molecule has 0 bridgehead atoms. The van der Waals surface area contributed by atoms with Crippen molar-refractivity contribution in [1.29, 1.82) is 0 Å². The van der Waals surface area contributed by atoms with Crippen LogP contribution in [0.25, 0.3) is 0 Å². The van der Waals surface area contributed by atoms with Crippen LogP contribution in [0, 0.1) is 5.89 Å². The summed E-state index contributed by atoms with van der Waals surface area (Å²) >= 11 is 7.73. The van der Waals surface area contributed by atoms with Crippen LogP contribution in [-0.4, -0.2) is 65.4 Å². The minimum Gasteiger partial charge on any atom is -0.409 e. The third kappa shape index (κ3) is 8.26. The van der Waals surface area contributed by atoms with Crippen molar-refractivity contribution in [1.82, 2.24) is 20.4 Å². The van der Waals surface area contributed by atoms with E-state index in [1.807, 2.05) is 17.5 Å². The number of ether oxygens (including phenoxy) is 1. The predicted octanol–water partition coefficient (Wildman–Crippen LogP) is 5.99. The lowest BCUT2D eigenvalue weighted by Gasteiger charge is -2.42. The van der Waals surface area contributed by atoms with Gasteiger partial charge in [-0.25, -0.2) is 4.79 Å². The highest BCUT2D eigenvalue weighted by Crippen LogP contribution is 2.30. The van der Waals surface area contributed by atoms with Crippen LogP contribution in [-0.2, 0) is 16.1 Å². The second-order valence-corrected chi connectivity index (χ2v) is 12.9. The normalized spacial score (nSPS) is 23.3. The third-order valence-corrected chi connectivity index (χ3v) is 9.65. The minimum absolute atomic E-state index is 0.0456. The molecule has 228 valence electrons. The summed E-state index contributed by atoms with van der Waals surface area (Å²) in [6.45, 7) is 0.568. The van der Waals surface area contributed by atoms with E-state index < -0.39 is 30.1 Å². The second kappa shape index (κ2) is 15.2. The van der Waals surface area contributed by atoms with Crippen LogP contribution in [0.2, 0.25) is 5.02 Å². The molecule has 1 aromatic heterocycles. The second-order valence-electron chi connectivity index (χ2n) is 11.5. The molecular formula is C32H43ClN4O4S. The van der Waals surface area contributed by atoms with Gasteiger partial charge in [0.2, 0.25) is 11.8 Å². The Bertz CT molecular complexity index is 1260. The first kappa shape index (κ1) is 28.2. The molecule has 1 saturated heterocycles. The molecule has 2 N–H and O–H groups in total.